The number of hydrogen-bond donors (Lipinski definition) is 2. The third-order valence-corrected chi connectivity index (χ3v) is 5.77. The van der Waals surface area contributed by atoms with E-state index in [1.54, 1.807) is 12.1 Å². The van der Waals surface area contributed by atoms with Crippen LogP contribution < -0.4 is 24.8 Å². The van der Waals surface area contributed by atoms with Crippen LogP contribution in [0.3, 0.4) is 0 Å². The van der Waals surface area contributed by atoms with Crippen molar-refractivity contribution in [3.8, 4) is 17.2 Å². The Morgan fingerprint density at radius 3 is 2.46 bits per heavy atom. The lowest BCUT2D eigenvalue weighted by atomic mass is 10.0. The molecule has 1 aliphatic rings. The number of anilines is 1. The molecule has 0 bridgehead atoms. The summed E-state index contributed by atoms with van der Waals surface area (Å²) in [5.41, 5.74) is 2.91. The molecule has 0 saturated heterocycles. The van der Waals surface area contributed by atoms with Gasteiger partial charge in [-0.3, -0.25) is 9.59 Å². The lowest BCUT2D eigenvalue weighted by Gasteiger charge is -2.14. The quantitative estimate of drug-likeness (QED) is 0.406. The van der Waals surface area contributed by atoms with E-state index < -0.39 is 0 Å². The molecule has 0 unspecified atom stereocenters. The van der Waals surface area contributed by atoms with Gasteiger partial charge in [0, 0.05) is 12.2 Å². The number of para-hydroxylation sites is 1. The van der Waals surface area contributed by atoms with Crippen LogP contribution in [-0.4, -0.2) is 25.2 Å². The zero-order valence-corrected chi connectivity index (χ0v) is 19.2. The highest BCUT2D eigenvalue weighted by atomic mass is 16.7. The van der Waals surface area contributed by atoms with Crippen LogP contribution >= 0.6 is 0 Å². The summed E-state index contributed by atoms with van der Waals surface area (Å²) in [6, 6.07) is 24.3. The monoisotopic (exact) mass is 468 g/mol. The summed E-state index contributed by atoms with van der Waals surface area (Å²) < 4.78 is 16.5. The van der Waals surface area contributed by atoms with Crippen LogP contribution in [0.15, 0.2) is 78.9 Å². The van der Waals surface area contributed by atoms with Crippen LogP contribution in [0.5, 0.6) is 17.2 Å². The van der Waals surface area contributed by atoms with Gasteiger partial charge in [0.1, 0.15) is 5.75 Å². The summed E-state index contributed by atoms with van der Waals surface area (Å²) in [6.07, 6.45) is 0. The van der Waals surface area contributed by atoms with Gasteiger partial charge >= 0.3 is 0 Å². The van der Waals surface area contributed by atoms with E-state index in [2.05, 4.69) is 10.6 Å². The molecule has 0 atom stereocenters. The first kappa shape index (κ1) is 22.3. The third-order valence-electron chi connectivity index (χ3n) is 5.77. The number of ether oxygens (including phenoxy) is 3. The van der Waals surface area contributed by atoms with Crippen LogP contribution in [0.2, 0.25) is 0 Å². The van der Waals surface area contributed by atoms with E-state index in [-0.39, 0.29) is 25.2 Å². The highest BCUT2D eigenvalue weighted by molar-refractivity contribution is 6.09. The van der Waals surface area contributed by atoms with Crippen molar-refractivity contribution in [2.45, 2.75) is 13.5 Å². The van der Waals surface area contributed by atoms with Crippen molar-refractivity contribution in [1.82, 2.24) is 5.32 Å². The van der Waals surface area contributed by atoms with E-state index in [9.17, 15) is 9.59 Å². The van der Waals surface area contributed by atoms with Crippen molar-refractivity contribution in [1.29, 1.82) is 0 Å². The van der Waals surface area contributed by atoms with Gasteiger partial charge in [-0.05, 0) is 59.2 Å². The fraction of sp³-hybridized carbons (Fsp3) is 0.143. The summed E-state index contributed by atoms with van der Waals surface area (Å²) in [4.78, 5) is 25.7. The summed E-state index contributed by atoms with van der Waals surface area (Å²) in [5, 5.41) is 7.59. The number of benzene rings is 4. The number of hydrogen-bond acceptors (Lipinski definition) is 5. The molecule has 7 heteroatoms. The normalized spacial score (nSPS) is 11.8. The molecule has 4 aromatic carbocycles. The summed E-state index contributed by atoms with van der Waals surface area (Å²) in [7, 11) is 0. The molecular weight excluding hydrogens is 444 g/mol. The largest absolute Gasteiger partial charge is 0.483 e. The average Bonchev–Trinajstić information content (AvgIpc) is 3.35. The molecule has 4 aromatic rings. The molecule has 0 fully saturated rings. The molecule has 0 saturated carbocycles. The predicted octanol–water partition coefficient (Wildman–Crippen LogP) is 4.82. The Morgan fingerprint density at radius 1 is 0.886 bits per heavy atom. The molecular formula is C28H24N2O5. The lowest BCUT2D eigenvalue weighted by Crippen LogP contribution is -2.28. The number of fused-ring (bicyclic) bond motifs is 2. The fourth-order valence-corrected chi connectivity index (χ4v) is 3.86. The summed E-state index contributed by atoms with van der Waals surface area (Å²) in [5.74, 6) is 1.08. The van der Waals surface area contributed by atoms with E-state index in [0.717, 1.165) is 27.6 Å². The van der Waals surface area contributed by atoms with Gasteiger partial charge in [-0.1, -0.05) is 48.5 Å². The molecule has 2 N–H and O–H groups in total. The van der Waals surface area contributed by atoms with Gasteiger partial charge in [-0.25, -0.2) is 0 Å². The second kappa shape index (κ2) is 9.77. The molecule has 35 heavy (non-hydrogen) atoms. The summed E-state index contributed by atoms with van der Waals surface area (Å²) in [6.45, 7) is 2.22. The number of aryl methyl sites for hydroxylation is 1. The summed E-state index contributed by atoms with van der Waals surface area (Å²) >= 11 is 0. The van der Waals surface area contributed by atoms with Crippen molar-refractivity contribution in [2.75, 3.05) is 18.7 Å². The maximum atomic E-state index is 13.2. The lowest BCUT2D eigenvalue weighted by molar-refractivity contribution is -0.123. The molecule has 1 heterocycles. The fourth-order valence-electron chi connectivity index (χ4n) is 3.86. The van der Waals surface area contributed by atoms with Crippen molar-refractivity contribution >= 4 is 28.3 Å². The number of carbonyl (C=O) groups excluding carboxylic acids is 2. The molecule has 2 amide bonds. The van der Waals surface area contributed by atoms with Crippen molar-refractivity contribution in [3.05, 3.63) is 95.6 Å². The van der Waals surface area contributed by atoms with Crippen LogP contribution in [0.25, 0.3) is 10.8 Å². The van der Waals surface area contributed by atoms with E-state index in [1.165, 1.54) is 0 Å². The smallest absolute Gasteiger partial charge is 0.259 e. The predicted molar refractivity (Wildman–Crippen MR) is 133 cm³/mol. The van der Waals surface area contributed by atoms with E-state index >= 15 is 0 Å². The van der Waals surface area contributed by atoms with Crippen LogP contribution in [0.1, 0.15) is 21.5 Å². The van der Waals surface area contributed by atoms with Gasteiger partial charge in [0.15, 0.2) is 18.1 Å². The zero-order valence-electron chi connectivity index (χ0n) is 19.2. The second-order valence-electron chi connectivity index (χ2n) is 8.22. The minimum absolute atomic E-state index is 0.199. The Morgan fingerprint density at radius 2 is 1.63 bits per heavy atom. The third kappa shape index (κ3) is 5.04. The molecule has 0 radical (unpaired) electrons. The van der Waals surface area contributed by atoms with Gasteiger partial charge in [0.2, 0.25) is 6.79 Å². The van der Waals surface area contributed by atoms with Crippen LogP contribution in [0, 0.1) is 6.92 Å². The van der Waals surface area contributed by atoms with Gasteiger partial charge in [-0.15, -0.1) is 0 Å². The Balaban J connectivity index is 1.29. The van der Waals surface area contributed by atoms with Crippen molar-refractivity contribution in [2.24, 2.45) is 0 Å². The molecule has 7 nitrogen and oxygen atoms in total. The molecule has 0 spiro atoms. The van der Waals surface area contributed by atoms with Crippen LogP contribution in [-0.2, 0) is 11.3 Å². The number of amides is 2. The van der Waals surface area contributed by atoms with Gasteiger partial charge in [-0.2, -0.15) is 0 Å². The minimum Gasteiger partial charge on any atom is -0.483 e. The maximum Gasteiger partial charge on any atom is 0.259 e. The Hall–Kier alpha value is -4.52. The Kier molecular flexibility index (Phi) is 6.22. The highest BCUT2D eigenvalue weighted by Gasteiger charge is 2.17. The van der Waals surface area contributed by atoms with Gasteiger partial charge in [0.05, 0.1) is 5.56 Å². The first-order valence-corrected chi connectivity index (χ1v) is 11.2. The zero-order chi connectivity index (χ0) is 24.2. The van der Waals surface area contributed by atoms with E-state index in [4.69, 9.17) is 14.2 Å². The molecule has 176 valence electrons. The molecule has 1 aliphatic heterocycles. The highest BCUT2D eigenvalue weighted by Crippen LogP contribution is 2.32. The molecule has 0 aliphatic carbocycles. The molecule has 5 rings (SSSR count). The number of nitrogens with one attached hydrogen (secondary N) is 2. The standard InChI is InChI=1S/C28H24N2O5/c1-18-6-2-5-9-23(18)30-28(32)22-13-20-7-3-4-8-21(20)14-25(22)33-16-27(31)29-15-19-10-11-24-26(12-19)35-17-34-24/h2-14H,15-17H2,1H3,(H,29,31)(H,30,32). The molecule has 0 aromatic heterocycles. The number of carbonyl (C=O) groups is 2. The minimum atomic E-state index is -0.305. The maximum absolute atomic E-state index is 13.2. The first-order chi connectivity index (χ1) is 17.1. The topological polar surface area (TPSA) is 85.9 Å². The van der Waals surface area contributed by atoms with Gasteiger partial charge < -0.3 is 24.8 Å². The van der Waals surface area contributed by atoms with Crippen molar-refractivity contribution < 1.29 is 23.8 Å². The van der Waals surface area contributed by atoms with E-state index in [1.807, 2.05) is 73.7 Å². The average molecular weight is 469 g/mol. The second-order valence-corrected chi connectivity index (χ2v) is 8.22. The SMILES string of the molecule is Cc1ccccc1NC(=O)c1cc2ccccc2cc1OCC(=O)NCc1ccc2c(c1)OCO2. The van der Waals surface area contributed by atoms with Crippen molar-refractivity contribution in [3.63, 3.8) is 0 Å². The number of rotatable bonds is 7. The van der Waals surface area contributed by atoms with Gasteiger partial charge in [0.25, 0.3) is 11.8 Å². The Bertz CT molecular complexity index is 1420. The van der Waals surface area contributed by atoms with E-state index in [0.29, 0.717) is 29.4 Å². The first-order valence-electron chi connectivity index (χ1n) is 11.2. The van der Waals surface area contributed by atoms with Crippen LogP contribution in [0.4, 0.5) is 5.69 Å². The Labute approximate surface area is 202 Å².